The van der Waals surface area contributed by atoms with Crippen molar-refractivity contribution in [1.29, 1.82) is 0 Å². The minimum absolute atomic E-state index is 0.137. The minimum atomic E-state index is -0.394. The van der Waals surface area contributed by atoms with Gasteiger partial charge in [-0.2, -0.15) is 9.59 Å². The van der Waals surface area contributed by atoms with Crippen LogP contribution in [-0.2, 0) is 51.3 Å². The van der Waals surface area contributed by atoms with Crippen LogP contribution in [0.5, 0.6) is 0 Å². The Labute approximate surface area is 250 Å². The van der Waals surface area contributed by atoms with E-state index in [1.54, 1.807) is 0 Å². The van der Waals surface area contributed by atoms with Gasteiger partial charge in [0.2, 0.25) is 0 Å². The van der Waals surface area contributed by atoms with Crippen molar-refractivity contribution in [2.75, 3.05) is 27.9 Å². The predicted octanol–water partition coefficient (Wildman–Crippen LogP) is 4.34. The van der Waals surface area contributed by atoms with Gasteiger partial charge in [-0.3, -0.25) is 14.5 Å². The normalized spacial score (nSPS) is 10.8. The van der Waals surface area contributed by atoms with Crippen LogP contribution in [-0.4, -0.2) is 68.9 Å². The van der Waals surface area contributed by atoms with E-state index in [9.17, 15) is 14.4 Å². The van der Waals surface area contributed by atoms with E-state index in [1.807, 2.05) is 43.3 Å². The topological polar surface area (TPSA) is 128 Å². The fourth-order valence-electron chi connectivity index (χ4n) is 3.39. The quantitative estimate of drug-likeness (QED) is 0.206. The molecule has 0 saturated carbocycles. The van der Waals surface area contributed by atoms with Crippen molar-refractivity contribution in [3.63, 3.8) is 0 Å². The summed E-state index contributed by atoms with van der Waals surface area (Å²) in [6.07, 6.45) is 3.30. The molecule has 0 spiro atoms. The van der Waals surface area contributed by atoms with Crippen LogP contribution in [0.2, 0.25) is 0 Å². The molecule has 0 heterocycles. The third-order valence-corrected chi connectivity index (χ3v) is 5.62. The molecule has 10 nitrogen and oxygen atoms in total. The zero-order valence-corrected chi connectivity index (χ0v) is 25.7. The Balaban J connectivity index is 0. The van der Waals surface area contributed by atoms with Crippen molar-refractivity contribution in [2.24, 2.45) is 0 Å². The highest BCUT2D eigenvalue weighted by Gasteiger charge is 2.17. The van der Waals surface area contributed by atoms with E-state index in [1.165, 1.54) is 32.5 Å². The highest BCUT2D eigenvalue weighted by atomic mass is 16.5. The first kappa shape index (κ1) is 40.0. The lowest BCUT2D eigenvalue weighted by Crippen LogP contribution is -2.35. The molecule has 2 aromatic rings. The van der Waals surface area contributed by atoms with Gasteiger partial charge < -0.3 is 19.5 Å². The second-order valence-corrected chi connectivity index (χ2v) is 8.94. The summed E-state index contributed by atoms with van der Waals surface area (Å²) >= 11 is 0. The molecule has 0 aliphatic carbocycles. The van der Waals surface area contributed by atoms with Crippen LogP contribution in [0.3, 0.4) is 0 Å². The molecule has 42 heavy (non-hydrogen) atoms. The lowest BCUT2D eigenvalue weighted by Gasteiger charge is -2.28. The van der Waals surface area contributed by atoms with E-state index in [2.05, 4.69) is 64.4 Å². The first-order valence-electron chi connectivity index (χ1n) is 13.5. The fourth-order valence-corrected chi connectivity index (χ4v) is 3.39. The number of carbonyl (C=O) groups excluding carboxylic acids is 5. The minimum Gasteiger partial charge on any atom is -0.469 e. The number of carbonyl (C=O) groups is 3. The molecule has 0 aliphatic rings. The molecule has 2 unspecified atom stereocenters. The molecule has 2 rings (SSSR count). The molecule has 0 aromatic heterocycles. The molecular weight excluding hydrogens is 540 g/mol. The molecule has 0 bridgehead atoms. The number of hydrogen-bond acceptors (Lipinski definition) is 10. The lowest BCUT2D eigenvalue weighted by molar-refractivity contribution is -0.191. The maximum Gasteiger partial charge on any atom is 0.373 e. The van der Waals surface area contributed by atoms with Gasteiger partial charge in [0.05, 0.1) is 34.2 Å². The van der Waals surface area contributed by atoms with Crippen LogP contribution in [0, 0.1) is 0 Å². The van der Waals surface area contributed by atoms with E-state index < -0.39 is 5.97 Å². The Morgan fingerprint density at radius 1 is 0.857 bits per heavy atom. The van der Waals surface area contributed by atoms with Crippen LogP contribution in [0.25, 0.3) is 0 Å². The van der Waals surface area contributed by atoms with Crippen molar-refractivity contribution in [3.05, 3.63) is 84.4 Å². The Hall–Kier alpha value is -4.11. The maximum absolute atomic E-state index is 11.3. The summed E-state index contributed by atoms with van der Waals surface area (Å²) in [7, 11) is 4.16. The van der Waals surface area contributed by atoms with Gasteiger partial charge in [0.1, 0.15) is 0 Å². The van der Waals surface area contributed by atoms with Gasteiger partial charge in [0.15, 0.2) is 0 Å². The van der Waals surface area contributed by atoms with Crippen LogP contribution in [0.15, 0.2) is 73.3 Å². The molecule has 0 aliphatic heterocycles. The summed E-state index contributed by atoms with van der Waals surface area (Å²) in [5.74, 6) is -0.713. The summed E-state index contributed by atoms with van der Waals surface area (Å²) in [4.78, 5) is 50.7. The van der Waals surface area contributed by atoms with E-state index in [0.29, 0.717) is 12.8 Å². The number of nitrogens with one attached hydrogen (secondary N) is 1. The summed E-state index contributed by atoms with van der Waals surface area (Å²) in [5, 5.41) is 3.26. The van der Waals surface area contributed by atoms with Gasteiger partial charge in [-0.1, -0.05) is 74.2 Å². The van der Waals surface area contributed by atoms with Crippen LogP contribution >= 0.6 is 0 Å². The lowest BCUT2D eigenvalue weighted by atomic mass is 10.1. The first-order chi connectivity index (χ1) is 20.1. The number of methoxy groups -OCH3 is 3. The van der Waals surface area contributed by atoms with Crippen molar-refractivity contribution in [3.8, 4) is 0 Å². The van der Waals surface area contributed by atoms with Gasteiger partial charge in [-0.15, -0.1) is 0 Å². The van der Waals surface area contributed by atoms with Gasteiger partial charge in [-0.05, 0) is 37.9 Å². The SMILES string of the molecule is C=CC(=O)OC.CCCN(Cc1ccccc1)C(C)CC(=O)OC.COC(=O)CC(C)NCc1ccccc1.O=C=O. The van der Waals surface area contributed by atoms with Crippen LogP contribution in [0.1, 0.15) is 51.2 Å². The summed E-state index contributed by atoms with van der Waals surface area (Å²) in [6.45, 7) is 12.0. The number of esters is 3. The number of benzene rings is 2. The molecule has 232 valence electrons. The Kier molecular flexibility index (Phi) is 25.8. The second-order valence-electron chi connectivity index (χ2n) is 8.94. The monoisotopic (exact) mass is 586 g/mol. The predicted molar refractivity (Wildman–Crippen MR) is 160 cm³/mol. The average molecular weight is 587 g/mol. The second kappa shape index (κ2) is 27.1. The number of nitrogens with zero attached hydrogens (tertiary/aromatic N) is 1. The van der Waals surface area contributed by atoms with Crippen LogP contribution in [0.4, 0.5) is 0 Å². The number of hydrogen-bond donors (Lipinski definition) is 1. The molecule has 10 heteroatoms. The standard InChI is InChI=1S/C15H23NO2.C12H17NO2.C4H6O2.CO2/c1-4-10-16(13(2)11-15(17)18-3)12-14-8-6-5-7-9-14;1-10(8-12(14)15-2)13-9-11-6-4-3-5-7-11;1-3-4(5)6-2;2-1-3/h5-9,13H,4,10-12H2,1-3H3;3-7,10,13H,8-9H2,1-2H3;3H,1H2,2H3;. The molecule has 1 N–H and O–H groups in total. The van der Waals surface area contributed by atoms with Gasteiger partial charge in [0.25, 0.3) is 0 Å². The Morgan fingerprint density at radius 3 is 1.74 bits per heavy atom. The van der Waals surface area contributed by atoms with Crippen molar-refractivity contribution in [1.82, 2.24) is 10.2 Å². The molecule has 2 atom stereocenters. The van der Waals surface area contributed by atoms with Gasteiger partial charge in [0, 0.05) is 31.2 Å². The zero-order chi connectivity index (χ0) is 32.2. The van der Waals surface area contributed by atoms with E-state index in [0.717, 1.165) is 32.1 Å². The summed E-state index contributed by atoms with van der Waals surface area (Å²) < 4.78 is 13.5. The summed E-state index contributed by atoms with van der Waals surface area (Å²) in [6, 6.07) is 20.8. The molecular formula is C32H46N2O8. The molecule has 0 fully saturated rings. The molecule has 0 saturated heterocycles. The molecule has 2 aromatic carbocycles. The van der Waals surface area contributed by atoms with E-state index >= 15 is 0 Å². The molecule has 0 amide bonds. The highest BCUT2D eigenvalue weighted by molar-refractivity contribution is 5.80. The highest BCUT2D eigenvalue weighted by Crippen LogP contribution is 2.12. The van der Waals surface area contributed by atoms with Crippen LogP contribution < -0.4 is 5.32 Å². The zero-order valence-electron chi connectivity index (χ0n) is 25.7. The van der Waals surface area contributed by atoms with Gasteiger partial charge >= 0.3 is 24.1 Å². The number of rotatable bonds is 13. The summed E-state index contributed by atoms with van der Waals surface area (Å²) in [5.41, 5.74) is 2.50. The first-order valence-corrected chi connectivity index (χ1v) is 13.5. The van der Waals surface area contributed by atoms with Crippen molar-refractivity contribution < 1.29 is 38.2 Å². The third kappa shape index (κ3) is 22.7. The Bertz CT molecular complexity index is 1030. The average Bonchev–Trinajstić information content (AvgIpc) is 3.01. The molecule has 0 radical (unpaired) electrons. The van der Waals surface area contributed by atoms with Crippen molar-refractivity contribution in [2.45, 2.75) is 65.2 Å². The smallest absolute Gasteiger partial charge is 0.373 e. The van der Waals surface area contributed by atoms with Gasteiger partial charge in [-0.25, -0.2) is 4.79 Å². The van der Waals surface area contributed by atoms with E-state index in [4.69, 9.17) is 14.3 Å². The largest absolute Gasteiger partial charge is 0.469 e. The number of ether oxygens (including phenoxy) is 3. The maximum atomic E-state index is 11.3. The van der Waals surface area contributed by atoms with E-state index in [-0.39, 0.29) is 30.2 Å². The van der Waals surface area contributed by atoms with Crippen molar-refractivity contribution >= 4 is 24.1 Å². The fraction of sp³-hybridized carbons (Fsp3) is 0.438. The Morgan fingerprint density at radius 2 is 1.33 bits per heavy atom. The third-order valence-electron chi connectivity index (χ3n) is 5.62.